The van der Waals surface area contributed by atoms with Crippen molar-refractivity contribution >= 4 is 33.2 Å². The van der Waals surface area contributed by atoms with E-state index in [0.29, 0.717) is 6.54 Å². The number of likely N-dealkylation sites (N-methyl/N-ethyl adjacent to an activating group) is 1. The number of nitrogens with one attached hydrogen (secondary N) is 1. The van der Waals surface area contributed by atoms with Gasteiger partial charge in [-0.1, -0.05) is 0 Å². The molecule has 0 aliphatic carbocycles. The Morgan fingerprint density at radius 2 is 1.89 bits per heavy atom. The van der Waals surface area contributed by atoms with Gasteiger partial charge in [-0.3, -0.25) is 9.59 Å². The summed E-state index contributed by atoms with van der Waals surface area (Å²) in [5.41, 5.74) is 3.05. The van der Waals surface area contributed by atoms with Crippen molar-refractivity contribution in [3.05, 3.63) is 56.9 Å². The number of carbonyl (C=O) groups excluding carboxylic acids is 1. The summed E-state index contributed by atoms with van der Waals surface area (Å²) in [6.45, 7) is 6.58. The molecule has 0 atom stereocenters. The molecule has 1 saturated heterocycles. The second-order valence-electron chi connectivity index (χ2n) is 6.97. The van der Waals surface area contributed by atoms with Crippen LogP contribution in [0.3, 0.4) is 0 Å². The van der Waals surface area contributed by atoms with E-state index in [1.807, 2.05) is 12.1 Å². The third-order valence-corrected chi connectivity index (χ3v) is 5.32. The van der Waals surface area contributed by atoms with Crippen molar-refractivity contribution in [3.63, 3.8) is 0 Å². The number of carbonyl (C=O) groups is 1. The number of benzene rings is 1. The van der Waals surface area contributed by atoms with E-state index in [0.717, 1.165) is 41.9 Å². The molecule has 0 bridgehead atoms. The fraction of sp³-hybridized carbons (Fsp3) is 0.400. The quantitative estimate of drug-likeness (QED) is 0.788. The van der Waals surface area contributed by atoms with Crippen LogP contribution in [0.2, 0.25) is 0 Å². The Morgan fingerprint density at radius 3 is 2.59 bits per heavy atom. The van der Waals surface area contributed by atoms with Crippen molar-refractivity contribution in [1.82, 2.24) is 9.47 Å². The summed E-state index contributed by atoms with van der Waals surface area (Å²) < 4.78 is 2.35. The van der Waals surface area contributed by atoms with E-state index in [9.17, 15) is 9.59 Å². The highest BCUT2D eigenvalue weighted by Crippen LogP contribution is 2.24. The van der Waals surface area contributed by atoms with Crippen molar-refractivity contribution in [2.24, 2.45) is 0 Å². The maximum Gasteiger partial charge on any atom is 0.250 e. The van der Waals surface area contributed by atoms with Gasteiger partial charge in [0.1, 0.15) is 0 Å². The van der Waals surface area contributed by atoms with E-state index in [-0.39, 0.29) is 17.9 Å². The Balaban J connectivity index is 1.59. The second-order valence-corrected chi connectivity index (χ2v) is 7.88. The minimum atomic E-state index is -0.113. The lowest BCUT2D eigenvalue weighted by Crippen LogP contribution is -2.44. The minimum absolute atomic E-state index is 0.103. The van der Waals surface area contributed by atoms with Crippen molar-refractivity contribution in [3.8, 4) is 0 Å². The summed E-state index contributed by atoms with van der Waals surface area (Å²) >= 11 is 3.34. The summed E-state index contributed by atoms with van der Waals surface area (Å²) in [7, 11) is 2.14. The molecule has 1 aliphatic rings. The van der Waals surface area contributed by atoms with E-state index in [4.69, 9.17) is 0 Å². The van der Waals surface area contributed by atoms with Crippen LogP contribution < -0.4 is 15.8 Å². The van der Waals surface area contributed by atoms with Gasteiger partial charge in [0, 0.05) is 67.3 Å². The largest absolute Gasteiger partial charge is 0.369 e. The number of halogens is 1. The molecule has 1 N–H and O–H groups in total. The number of hydrogen-bond acceptors (Lipinski definition) is 4. The second kappa shape index (κ2) is 8.71. The predicted molar refractivity (Wildman–Crippen MR) is 113 cm³/mol. The van der Waals surface area contributed by atoms with Crippen molar-refractivity contribution in [2.75, 3.05) is 43.4 Å². The first-order chi connectivity index (χ1) is 12.9. The van der Waals surface area contributed by atoms with Gasteiger partial charge >= 0.3 is 0 Å². The van der Waals surface area contributed by atoms with Crippen LogP contribution in [0, 0.1) is 6.92 Å². The first-order valence-electron chi connectivity index (χ1n) is 9.12. The molecular weight excluding hydrogens is 408 g/mol. The molecule has 1 amide bonds. The number of rotatable bonds is 5. The maximum absolute atomic E-state index is 12.3. The van der Waals surface area contributed by atoms with E-state index >= 15 is 0 Å². The highest BCUT2D eigenvalue weighted by atomic mass is 79.9. The zero-order valence-corrected chi connectivity index (χ0v) is 17.3. The number of hydrogen-bond donors (Lipinski definition) is 1. The smallest absolute Gasteiger partial charge is 0.250 e. The third-order valence-electron chi connectivity index (χ3n) is 4.85. The van der Waals surface area contributed by atoms with Crippen LogP contribution in [0.4, 0.5) is 11.4 Å². The molecule has 2 aromatic rings. The standard InChI is InChI=1S/C20H25BrN4O2/c1-15-13-17(4-5-18(15)24-11-9-23(2)10-12-24)22-19(26)7-8-25-14-16(21)3-6-20(25)27/h3-6,13-14H,7-12H2,1-2H3,(H,22,26). The summed E-state index contributed by atoms with van der Waals surface area (Å²) in [5, 5.41) is 2.93. The maximum atomic E-state index is 12.3. The zero-order valence-electron chi connectivity index (χ0n) is 15.7. The SMILES string of the molecule is Cc1cc(NC(=O)CCn2cc(Br)ccc2=O)ccc1N1CCN(C)CC1. The van der Waals surface area contributed by atoms with E-state index in [2.05, 4.69) is 51.1 Å². The Kier molecular flexibility index (Phi) is 6.34. The molecule has 0 unspecified atom stereocenters. The lowest BCUT2D eigenvalue weighted by Gasteiger charge is -2.35. The van der Waals surface area contributed by atoms with Crippen molar-refractivity contribution in [2.45, 2.75) is 19.9 Å². The highest BCUT2D eigenvalue weighted by molar-refractivity contribution is 9.10. The van der Waals surface area contributed by atoms with Gasteiger partial charge in [0.2, 0.25) is 5.91 Å². The Labute approximate surface area is 167 Å². The summed E-state index contributed by atoms with van der Waals surface area (Å²) in [5.74, 6) is -0.103. The van der Waals surface area contributed by atoms with E-state index < -0.39 is 0 Å². The number of anilines is 2. The Morgan fingerprint density at radius 1 is 1.15 bits per heavy atom. The molecule has 1 fully saturated rings. The van der Waals surface area contributed by atoms with Gasteiger partial charge in [-0.2, -0.15) is 0 Å². The molecule has 144 valence electrons. The van der Waals surface area contributed by atoms with Gasteiger partial charge < -0.3 is 19.7 Å². The van der Waals surface area contributed by atoms with Gasteiger partial charge in [0.25, 0.3) is 5.56 Å². The molecule has 7 heteroatoms. The Hall–Kier alpha value is -2.12. The predicted octanol–water partition coefficient (Wildman–Crippen LogP) is 2.70. The molecule has 1 aromatic heterocycles. The zero-order chi connectivity index (χ0) is 19.4. The van der Waals surface area contributed by atoms with Gasteiger partial charge in [-0.25, -0.2) is 0 Å². The van der Waals surface area contributed by atoms with Crippen LogP contribution in [0.1, 0.15) is 12.0 Å². The Bertz CT molecular complexity index is 873. The van der Waals surface area contributed by atoms with Crippen LogP contribution in [0.5, 0.6) is 0 Å². The fourth-order valence-corrected chi connectivity index (χ4v) is 3.64. The summed E-state index contributed by atoms with van der Waals surface area (Å²) in [6, 6.07) is 9.22. The van der Waals surface area contributed by atoms with Gasteiger partial charge in [-0.15, -0.1) is 0 Å². The van der Waals surface area contributed by atoms with Crippen LogP contribution >= 0.6 is 15.9 Å². The van der Waals surface area contributed by atoms with E-state index in [1.54, 1.807) is 12.3 Å². The molecule has 2 heterocycles. The number of aryl methyl sites for hydroxylation is 2. The van der Waals surface area contributed by atoms with Gasteiger partial charge in [0.15, 0.2) is 0 Å². The molecule has 1 aromatic carbocycles. The molecular formula is C20H25BrN4O2. The molecule has 3 rings (SSSR count). The normalized spacial score (nSPS) is 15.0. The van der Waals surface area contributed by atoms with Crippen molar-refractivity contribution < 1.29 is 4.79 Å². The minimum Gasteiger partial charge on any atom is -0.369 e. The van der Waals surface area contributed by atoms with Crippen LogP contribution in [-0.2, 0) is 11.3 Å². The first-order valence-corrected chi connectivity index (χ1v) is 9.91. The lowest BCUT2D eigenvalue weighted by atomic mass is 10.1. The summed E-state index contributed by atoms with van der Waals surface area (Å²) in [6.07, 6.45) is 1.94. The fourth-order valence-electron chi connectivity index (χ4n) is 3.26. The number of amides is 1. The topological polar surface area (TPSA) is 57.6 Å². The molecule has 0 radical (unpaired) electrons. The average Bonchev–Trinajstić information content (AvgIpc) is 2.63. The van der Waals surface area contributed by atoms with E-state index in [1.165, 1.54) is 16.3 Å². The average molecular weight is 433 g/mol. The molecule has 27 heavy (non-hydrogen) atoms. The molecule has 1 aliphatic heterocycles. The van der Waals surface area contributed by atoms with Crippen LogP contribution in [0.25, 0.3) is 0 Å². The molecule has 0 saturated carbocycles. The first kappa shape index (κ1) is 19.6. The molecule has 6 nitrogen and oxygen atoms in total. The number of nitrogens with zero attached hydrogens (tertiary/aromatic N) is 3. The number of pyridine rings is 1. The number of piperazine rings is 1. The van der Waals surface area contributed by atoms with Gasteiger partial charge in [-0.05, 0) is 59.7 Å². The van der Waals surface area contributed by atoms with Crippen molar-refractivity contribution in [1.29, 1.82) is 0 Å². The molecule has 0 spiro atoms. The highest BCUT2D eigenvalue weighted by Gasteiger charge is 2.16. The van der Waals surface area contributed by atoms with Crippen LogP contribution in [-0.4, -0.2) is 48.6 Å². The monoisotopic (exact) mass is 432 g/mol. The number of aromatic nitrogens is 1. The van der Waals surface area contributed by atoms with Crippen LogP contribution in [0.15, 0.2) is 45.8 Å². The lowest BCUT2D eigenvalue weighted by molar-refractivity contribution is -0.116. The summed E-state index contributed by atoms with van der Waals surface area (Å²) in [4.78, 5) is 28.8. The van der Waals surface area contributed by atoms with Gasteiger partial charge in [0.05, 0.1) is 0 Å². The third kappa shape index (κ3) is 5.20.